The maximum atomic E-state index is 13.1. The lowest BCUT2D eigenvalue weighted by molar-refractivity contribution is -0.125. The molecule has 1 aromatic heterocycles. The number of halogens is 1. The molecule has 4 rings (SSSR count). The Hall–Kier alpha value is -2.58. The number of piperazine rings is 1. The number of amides is 1. The van der Waals surface area contributed by atoms with Crippen LogP contribution in [0.25, 0.3) is 11.1 Å². The minimum Gasteiger partial charge on any atom is -0.355 e. The van der Waals surface area contributed by atoms with Crippen molar-refractivity contribution in [2.24, 2.45) is 5.92 Å². The largest absolute Gasteiger partial charge is 0.355 e. The van der Waals surface area contributed by atoms with E-state index in [9.17, 15) is 9.18 Å². The summed E-state index contributed by atoms with van der Waals surface area (Å²) >= 11 is 0. The van der Waals surface area contributed by atoms with Gasteiger partial charge in [-0.05, 0) is 43.5 Å². The standard InChI is InChI=1S/C25H35FN6O/c1-2-10-30-13-15-31(16-14-30)12-9-27-24(33)21-4-3-11-32(19-21)25-28-17-22(18-29-25)20-5-7-23(26)8-6-20/h5-8,17-18,21H,2-4,9-16,19H2,1H3,(H,27,33)/t21-/m0/s1. The highest BCUT2D eigenvalue weighted by molar-refractivity contribution is 5.79. The van der Waals surface area contributed by atoms with Crippen LogP contribution in [0.2, 0.25) is 0 Å². The quantitative estimate of drug-likeness (QED) is 0.662. The van der Waals surface area contributed by atoms with Crippen molar-refractivity contribution in [3.05, 3.63) is 42.5 Å². The Morgan fingerprint density at radius 2 is 1.67 bits per heavy atom. The molecule has 0 radical (unpaired) electrons. The molecule has 2 aliphatic heterocycles. The molecular formula is C25H35FN6O. The molecule has 178 valence electrons. The second-order valence-corrected chi connectivity index (χ2v) is 9.04. The normalized spacial score (nSPS) is 20.1. The zero-order chi connectivity index (χ0) is 23.0. The van der Waals surface area contributed by atoms with Gasteiger partial charge in [0.25, 0.3) is 0 Å². The Bertz CT molecular complexity index is 883. The van der Waals surface area contributed by atoms with E-state index in [0.717, 1.165) is 63.2 Å². The van der Waals surface area contributed by atoms with Crippen LogP contribution >= 0.6 is 0 Å². The predicted octanol–water partition coefficient (Wildman–Crippen LogP) is 2.64. The molecule has 7 nitrogen and oxygen atoms in total. The zero-order valence-electron chi connectivity index (χ0n) is 19.5. The molecular weight excluding hydrogens is 419 g/mol. The molecule has 33 heavy (non-hydrogen) atoms. The minimum atomic E-state index is -0.261. The summed E-state index contributed by atoms with van der Waals surface area (Å²) in [5.74, 6) is 0.472. The van der Waals surface area contributed by atoms with E-state index >= 15 is 0 Å². The fraction of sp³-hybridized carbons (Fsp3) is 0.560. The van der Waals surface area contributed by atoms with Gasteiger partial charge in [0.15, 0.2) is 0 Å². The number of carbonyl (C=O) groups is 1. The molecule has 2 aromatic rings. The third-order valence-electron chi connectivity index (χ3n) is 6.62. The maximum Gasteiger partial charge on any atom is 0.225 e. The number of benzene rings is 1. The zero-order valence-corrected chi connectivity index (χ0v) is 19.5. The molecule has 0 bridgehead atoms. The van der Waals surface area contributed by atoms with Gasteiger partial charge in [-0.2, -0.15) is 0 Å². The van der Waals surface area contributed by atoms with E-state index in [2.05, 4.69) is 36.9 Å². The monoisotopic (exact) mass is 454 g/mol. The highest BCUT2D eigenvalue weighted by atomic mass is 19.1. The summed E-state index contributed by atoms with van der Waals surface area (Å²) in [6.45, 7) is 10.9. The SMILES string of the molecule is CCCN1CCN(CCNC(=O)[C@H]2CCCN(c3ncc(-c4ccc(F)cc4)cn3)C2)CC1. The third kappa shape index (κ3) is 6.48. The topological polar surface area (TPSA) is 64.6 Å². The first-order valence-corrected chi connectivity index (χ1v) is 12.2. The number of hydrogen-bond donors (Lipinski definition) is 1. The van der Waals surface area contributed by atoms with Crippen molar-refractivity contribution in [3.8, 4) is 11.1 Å². The highest BCUT2D eigenvalue weighted by Crippen LogP contribution is 2.23. The minimum absolute atomic E-state index is 0.0412. The Labute approximate surface area is 196 Å². The molecule has 0 aliphatic carbocycles. The van der Waals surface area contributed by atoms with E-state index in [4.69, 9.17) is 0 Å². The van der Waals surface area contributed by atoms with Gasteiger partial charge in [0.1, 0.15) is 5.82 Å². The smallest absolute Gasteiger partial charge is 0.225 e. The van der Waals surface area contributed by atoms with Crippen molar-refractivity contribution in [1.82, 2.24) is 25.1 Å². The number of nitrogens with zero attached hydrogens (tertiary/aromatic N) is 5. The van der Waals surface area contributed by atoms with Gasteiger partial charge >= 0.3 is 0 Å². The molecule has 1 N–H and O–H groups in total. The summed E-state index contributed by atoms with van der Waals surface area (Å²) in [4.78, 5) is 28.9. The molecule has 2 fully saturated rings. The number of carbonyl (C=O) groups excluding carboxylic acids is 1. The third-order valence-corrected chi connectivity index (χ3v) is 6.62. The summed E-state index contributed by atoms with van der Waals surface area (Å²) in [6, 6.07) is 6.31. The van der Waals surface area contributed by atoms with Gasteiger partial charge < -0.3 is 15.1 Å². The van der Waals surface area contributed by atoms with Gasteiger partial charge in [-0.3, -0.25) is 9.69 Å². The van der Waals surface area contributed by atoms with Gasteiger partial charge in [-0.15, -0.1) is 0 Å². The van der Waals surface area contributed by atoms with Crippen molar-refractivity contribution in [3.63, 3.8) is 0 Å². The number of nitrogens with one attached hydrogen (secondary N) is 1. The van der Waals surface area contributed by atoms with Gasteiger partial charge in [0, 0.05) is 70.3 Å². The van der Waals surface area contributed by atoms with Crippen molar-refractivity contribution >= 4 is 11.9 Å². The summed E-state index contributed by atoms with van der Waals surface area (Å²) in [6.07, 6.45) is 6.57. The number of hydrogen-bond acceptors (Lipinski definition) is 6. The van der Waals surface area contributed by atoms with Crippen LogP contribution in [0.5, 0.6) is 0 Å². The molecule has 1 atom stereocenters. The fourth-order valence-corrected chi connectivity index (χ4v) is 4.68. The second-order valence-electron chi connectivity index (χ2n) is 9.04. The predicted molar refractivity (Wildman–Crippen MR) is 129 cm³/mol. The van der Waals surface area contributed by atoms with Crippen LogP contribution in [0.15, 0.2) is 36.7 Å². The molecule has 2 saturated heterocycles. The van der Waals surface area contributed by atoms with E-state index in [0.29, 0.717) is 19.0 Å². The summed E-state index contributed by atoms with van der Waals surface area (Å²) in [5.41, 5.74) is 1.73. The maximum absolute atomic E-state index is 13.1. The lowest BCUT2D eigenvalue weighted by atomic mass is 9.97. The first-order valence-electron chi connectivity index (χ1n) is 12.2. The van der Waals surface area contributed by atoms with Crippen molar-refractivity contribution < 1.29 is 9.18 Å². The van der Waals surface area contributed by atoms with Crippen LogP contribution in [-0.2, 0) is 4.79 Å². The van der Waals surface area contributed by atoms with Crippen molar-refractivity contribution in [2.45, 2.75) is 26.2 Å². The fourth-order valence-electron chi connectivity index (χ4n) is 4.68. The van der Waals surface area contributed by atoms with E-state index in [1.807, 2.05) is 0 Å². The number of aromatic nitrogens is 2. The molecule has 8 heteroatoms. The van der Waals surface area contributed by atoms with E-state index in [1.165, 1.54) is 25.1 Å². The number of anilines is 1. The summed E-state index contributed by atoms with van der Waals surface area (Å²) in [5, 5.41) is 3.15. The highest BCUT2D eigenvalue weighted by Gasteiger charge is 2.27. The number of piperidine rings is 1. The van der Waals surface area contributed by atoms with E-state index < -0.39 is 0 Å². The van der Waals surface area contributed by atoms with Gasteiger partial charge in [0.05, 0.1) is 5.92 Å². The Morgan fingerprint density at radius 1 is 1.00 bits per heavy atom. The second kappa shape index (κ2) is 11.5. The number of rotatable bonds is 8. The Balaban J connectivity index is 1.23. The van der Waals surface area contributed by atoms with Crippen LogP contribution in [0.4, 0.5) is 10.3 Å². The molecule has 2 aliphatic rings. The molecule has 1 aromatic carbocycles. The molecule has 0 spiro atoms. The Morgan fingerprint density at radius 3 is 2.33 bits per heavy atom. The van der Waals surface area contributed by atoms with Gasteiger partial charge in [-0.1, -0.05) is 19.1 Å². The van der Waals surface area contributed by atoms with Gasteiger partial charge in [-0.25, -0.2) is 14.4 Å². The van der Waals surface area contributed by atoms with Gasteiger partial charge in [0.2, 0.25) is 11.9 Å². The molecule has 3 heterocycles. The first kappa shape index (κ1) is 23.6. The molecule has 1 amide bonds. The first-order chi connectivity index (χ1) is 16.1. The van der Waals surface area contributed by atoms with Crippen molar-refractivity contribution in [2.75, 3.05) is 63.8 Å². The van der Waals surface area contributed by atoms with Crippen LogP contribution in [-0.4, -0.2) is 84.6 Å². The summed E-state index contributed by atoms with van der Waals surface area (Å²) in [7, 11) is 0. The van der Waals surface area contributed by atoms with Crippen molar-refractivity contribution in [1.29, 1.82) is 0 Å². The van der Waals surface area contributed by atoms with E-state index in [-0.39, 0.29) is 17.6 Å². The summed E-state index contributed by atoms with van der Waals surface area (Å²) < 4.78 is 13.1. The Kier molecular flexibility index (Phi) is 8.23. The average molecular weight is 455 g/mol. The molecule has 0 saturated carbocycles. The lowest BCUT2D eigenvalue weighted by Crippen LogP contribution is -2.49. The van der Waals surface area contributed by atoms with Crippen LogP contribution in [0, 0.1) is 11.7 Å². The van der Waals surface area contributed by atoms with E-state index in [1.54, 1.807) is 24.5 Å². The van der Waals surface area contributed by atoms with Crippen LogP contribution in [0.1, 0.15) is 26.2 Å². The lowest BCUT2D eigenvalue weighted by Gasteiger charge is -2.35. The van der Waals surface area contributed by atoms with Crippen LogP contribution < -0.4 is 10.2 Å². The molecule has 0 unspecified atom stereocenters. The van der Waals surface area contributed by atoms with Crippen LogP contribution in [0.3, 0.4) is 0 Å². The average Bonchev–Trinajstić information content (AvgIpc) is 2.86.